The lowest BCUT2D eigenvalue weighted by molar-refractivity contribution is 0.103. The summed E-state index contributed by atoms with van der Waals surface area (Å²) in [7, 11) is 2.00. The molecule has 0 spiro atoms. The van der Waals surface area contributed by atoms with Crippen molar-refractivity contribution >= 4 is 21.2 Å². The molecule has 27 heavy (non-hydrogen) atoms. The van der Waals surface area contributed by atoms with Crippen LogP contribution < -0.4 is 9.47 Å². The molecule has 0 aliphatic carbocycles. The maximum Gasteiger partial charge on any atom is 0.220 e. The van der Waals surface area contributed by atoms with Gasteiger partial charge in [0, 0.05) is 18.6 Å². The molecule has 1 aliphatic rings. The van der Waals surface area contributed by atoms with Crippen LogP contribution in [0.15, 0.2) is 22.7 Å². The third-order valence-electron chi connectivity index (χ3n) is 4.60. The van der Waals surface area contributed by atoms with Crippen LogP contribution in [0.5, 0.6) is 17.4 Å². The number of aryl methyl sites for hydroxylation is 1. The Morgan fingerprint density at radius 2 is 1.89 bits per heavy atom. The van der Waals surface area contributed by atoms with Crippen molar-refractivity contribution in [3.05, 3.63) is 29.5 Å². The SMILES string of the molecule is COc1ccc(C(=O)c2cnn(C)c2O)c(OC)c1N=S1(=O)CCCCC1. The zero-order valence-corrected chi connectivity index (χ0v) is 16.4. The normalized spacial score (nSPS) is 16.0. The number of carbonyl (C=O) groups excluding carboxylic acids is 1. The summed E-state index contributed by atoms with van der Waals surface area (Å²) < 4.78 is 29.6. The number of aromatic hydroxyl groups is 1. The summed E-state index contributed by atoms with van der Waals surface area (Å²) in [5, 5.41) is 13.9. The fraction of sp³-hybridized carbons (Fsp3) is 0.444. The molecule has 0 bridgehead atoms. The minimum Gasteiger partial charge on any atom is -0.494 e. The van der Waals surface area contributed by atoms with Crippen molar-refractivity contribution in [1.29, 1.82) is 0 Å². The summed E-state index contributed by atoms with van der Waals surface area (Å²) in [6, 6.07) is 3.13. The van der Waals surface area contributed by atoms with Gasteiger partial charge in [-0.05, 0) is 25.0 Å². The summed E-state index contributed by atoms with van der Waals surface area (Å²) in [5.74, 6) is 0.884. The summed E-state index contributed by atoms with van der Waals surface area (Å²) in [6.07, 6.45) is 4.05. The number of ether oxygens (including phenoxy) is 2. The monoisotopic (exact) mass is 393 g/mol. The van der Waals surface area contributed by atoms with Crippen LogP contribution in [0.3, 0.4) is 0 Å². The third kappa shape index (κ3) is 3.64. The van der Waals surface area contributed by atoms with E-state index < -0.39 is 15.5 Å². The fourth-order valence-electron chi connectivity index (χ4n) is 3.12. The van der Waals surface area contributed by atoms with Crippen LogP contribution >= 0.6 is 0 Å². The molecule has 1 fully saturated rings. The van der Waals surface area contributed by atoms with Gasteiger partial charge in [0.2, 0.25) is 11.7 Å². The van der Waals surface area contributed by atoms with Gasteiger partial charge in [-0.25, -0.2) is 8.89 Å². The Morgan fingerprint density at radius 1 is 1.19 bits per heavy atom. The van der Waals surface area contributed by atoms with E-state index >= 15 is 0 Å². The lowest BCUT2D eigenvalue weighted by Crippen LogP contribution is -2.16. The van der Waals surface area contributed by atoms with Gasteiger partial charge in [-0.3, -0.25) is 4.79 Å². The first-order valence-electron chi connectivity index (χ1n) is 8.63. The van der Waals surface area contributed by atoms with Crippen molar-refractivity contribution in [2.24, 2.45) is 11.4 Å². The van der Waals surface area contributed by atoms with Crippen molar-refractivity contribution in [3.8, 4) is 17.4 Å². The van der Waals surface area contributed by atoms with E-state index in [2.05, 4.69) is 9.46 Å². The number of ketones is 1. The van der Waals surface area contributed by atoms with Crippen molar-refractivity contribution in [1.82, 2.24) is 9.78 Å². The molecule has 0 saturated carbocycles. The molecule has 146 valence electrons. The van der Waals surface area contributed by atoms with Gasteiger partial charge in [0.05, 0.1) is 35.7 Å². The first kappa shape index (κ1) is 19.2. The second kappa shape index (κ2) is 7.59. The van der Waals surface area contributed by atoms with Gasteiger partial charge in [0.1, 0.15) is 11.3 Å². The molecule has 9 heteroatoms. The topological polar surface area (TPSA) is 103 Å². The van der Waals surface area contributed by atoms with Crippen molar-refractivity contribution in [2.45, 2.75) is 19.3 Å². The molecule has 2 aromatic rings. The Kier molecular flexibility index (Phi) is 5.41. The largest absolute Gasteiger partial charge is 0.494 e. The van der Waals surface area contributed by atoms with E-state index in [0.29, 0.717) is 17.3 Å². The van der Waals surface area contributed by atoms with Gasteiger partial charge in [-0.15, -0.1) is 0 Å². The van der Waals surface area contributed by atoms with Gasteiger partial charge in [-0.1, -0.05) is 6.42 Å². The highest BCUT2D eigenvalue weighted by molar-refractivity contribution is 7.93. The van der Waals surface area contributed by atoms with Crippen molar-refractivity contribution < 1.29 is 23.6 Å². The highest BCUT2D eigenvalue weighted by Gasteiger charge is 2.26. The van der Waals surface area contributed by atoms with E-state index in [1.807, 2.05) is 0 Å². The Labute approximate surface area is 158 Å². The second-order valence-corrected chi connectivity index (χ2v) is 8.91. The van der Waals surface area contributed by atoms with E-state index in [1.54, 1.807) is 12.1 Å². The van der Waals surface area contributed by atoms with Crippen LogP contribution in [0.2, 0.25) is 0 Å². The Hall–Kier alpha value is -2.55. The van der Waals surface area contributed by atoms with Crippen LogP contribution in [0.4, 0.5) is 5.69 Å². The van der Waals surface area contributed by atoms with Crippen LogP contribution in [0, 0.1) is 0 Å². The second-order valence-electron chi connectivity index (χ2n) is 6.36. The Morgan fingerprint density at radius 3 is 2.44 bits per heavy atom. The first-order chi connectivity index (χ1) is 12.9. The molecule has 8 nitrogen and oxygen atoms in total. The molecule has 1 aromatic carbocycles. The minimum atomic E-state index is -2.43. The number of aromatic nitrogens is 2. The molecule has 1 saturated heterocycles. The number of carbonyl (C=O) groups is 1. The molecular weight excluding hydrogens is 370 g/mol. The van der Waals surface area contributed by atoms with Gasteiger partial charge >= 0.3 is 0 Å². The highest BCUT2D eigenvalue weighted by Crippen LogP contribution is 2.42. The predicted molar refractivity (Wildman–Crippen MR) is 102 cm³/mol. The van der Waals surface area contributed by atoms with Crippen molar-refractivity contribution in [2.75, 3.05) is 25.7 Å². The van der Waals surface area contributed by atoms with Crippen LogP contribution in [0.25, 0.3) is 0 Å². The lowest BCUT2D eigenvalue weighted by atomic mass is 10.0. The van der Waals surface area contributed by atoms with E-state index in [-0.39, 0.29) is 28.4 Å². The summed E-state index contributed by atoms with van der Waals surface area (Å²) >= 11 is 0. The molecule has 0 atom stereocenters. The fourth-order valence-corrected chi connectivity index (χ4v) is 5.32. The molecular formula is C18H23N3O5S. The van der Waals surface area contributed by atoms with Gasteiger partial charge in [0.25, 0.3) is 0 Å². The smallest absolute Gasteiger partial charge is 0.220 e. The Bertz CT molecular complexity index is 977. The number of hydrogen-bond acceptors (Lipinski definition) is 7. The van der Waals surface area contributed by atoms with Crippen molar-refractivity contribution in [3.63, 3.8) is 0 Å². The molecule has 1 aromatic heterocycles. The average molecular weight is 393 g/mol. The van der Waals surface area contributed by atoms with Crippen LogP contribution in [-0.2, 0) is 16.8 Å². The standard InChI is InChI=1S/C18H23N3O5S/c1-21-18(23)13(11-19-21)16(22)12-7-8-14(25-2)15(17(12)26-3)20-27(24)9-5-4-6-10-27/h7-8,11,23H,4-6,9-10H2,1-3H3. The molecule has 0 amide bonds. The summed E-state index contributed by atoms with van der Waals surface area (Å²) in [4.78, 5) is 12.9. The maximum absolute atomic E-state index is 13.1. The van der Waals surface area contributed by atoms with E-state index in [1.165, 1.54) is 32.1 Å². The quantitative estimate of drug-likeness (QED) is 0.784. The third-order valence-corrected chi connectivity index (χ3v) is 6.97. The van der Waals surface area contributed by atoms with E-state index in [0.717, 1.165) is 19.3 Å². The van der Waals surface area contributed by atoms with Gasteiger partial charge in [-0.2, -0.15) is 9.46 Å². The number of nitrogens with zero attached hydrogens (tertiary/aromatic N) is 3. The minimum absolute atomic E-state index is 0.0498. The molecule has 0 radical (unpaired) electrons. The number of methoxy groups -OCH3 is 2. The molecule has 0 unspecified atom stereocenters. The van der Waals surface area contributed by atoms with E-state index in [4.69, 9.17) is 9.47 Å². The van der Waals surface area contributed by atoms with Gasteiger partial charge < -0.3 is 14.6 Å². The first-order valence-corrected chi connectivity index (χ1v) is 10.5. The average Bonchev–Trinajstić information content (AvgIpc) is 3.00. The zero-order chi connectivity index (χ0) is 19.6. The van der Waals surface area contributed by atoms with E-state index in [9.17, 15) is 14.1 Å². The number of benzene rings is 1. The van der Waals surface area contributed by atoms with Gasteiger partial charge in [0.15, 0.2) is 11.4 Å². The molecule has 1 N–H and O–H groups in total. The van der Waals surface area contributed by atoms with Crippen LogP contribution in [0.1, 0.15) is 35.2 Å². The Balaban J connectivity index is 2.17. The molecule has 3 rings (SSSR count). The zero-order valence-electron chi connectivity index (χ0n) is 15.6. The highest BCUT2D eigenvalue weighted by atomic mass is 32.2. The maximum atomic E-state index is 13.1. The molecule has 2 heterocycles. The predicted octanol–water partition coefficient (Wildman–Crippen LogP) is 2.66. The van der Waals surface area contributed by atoms with Crippen LogP contribution in [-0.4, -0.2) is 50.6 Å². The lowest BCUT2D eigenvalue weighted by Gasteiger charge is -2.18. The summed E-state index contributed by atoms with van der Waals surface area (Å²) in [5.41, 5.74) is 0.508. The number of rotatable bonds is 5. The molecule has 1 aliphatic heterocycles. The number of hydrogen-bond donors (Lipinski definition) is 1. The summed E-state index contributed by atoms with van der Waals surface area (Å²) in [6.45, 7) is 0.